The first-order chi connectivity index (χ1) is 11.5. The predicted octanol–water partition coefficient (Wildman–Crippen LogP) is 2.68. The lowest BCUT2D eigenvalue weighted by Crippen LogP contribution is -2.21. The fourth-order valence-electron chi connectivity index (χ4n) is 1.37. The molecule has 0 radical (unpaired) electrons. The highest BCUT2D eigenvalue weighted by atomic mass is 35.5. The molecule has 25 heavy (non-hydrogen) atoms. The van der Waals surface area contributed by atoms with E-state index in [9.17, 15) is 13.2 Å². The number of hydrogen-bond acceptors (Lipinski definition) is 6. The van der Waals surface area contributed by atoms with Gasteiger partial charge in [0, 0.05) is 6.07 Å². The second-order valence-corrected chi connectivity index (χ2v) is 8.15. The summed E-state index contributed by atoms with van der Waals surface area (Å²) in [5.41, 5.74) is 11.4. The normalized spacial score (nSPS) is 10.4. The van der Waals surface area contributed by atoms with Gasteiger partial charge in [-0.25, -0.2) is 9.79 Å². The summed E-state index contributed by atoms with van der Waals surface area (Å²) in [6.45, 7) is 0. The first-order valence-corrected chi connectivity index (χ1v) is 9.67. The average Bonchev–Trinajstić information content (AvgIpc) is 2.75. The molecule has 0 aliphatic heterocycles. The van der Waals surface area contributed by atoms with Crippen LogP contribution in [0.25, 0.3) is 0 Å². The molecule has 12 heteroatoms. The number of nitrogens with two attached hydrogens (primary N) is 2. The Morgan fingerprint density at radius 3 is 2.16 bits per heavy atom. The van der Waals surface area contributed by atoms with E-state index >= 15 is 0 Å². The second-order valence-electron chi connectivity index (χ2n) is 4.39. The van der Waals surface area contributed by atoms with E-state index in [-0.39, 0.29) is 11.7 Å². The van der Waals surface area contributed by atoms with E-state index in [0.29, 0.717) is 26.2 Å². The minimum Gasteiger partial charge on any atom is -0.420 e. The summed E-state index contributed by atoms with van der Waals surface area (Å²) < 4.78 is 31.8. The third kappa shape index (κ3) is 8.70. The summed E-state index contributed by atoms with van der Waals surface area (Å²) in [4.78, 5) is 15.7. The lowest BCUT2D eigenvalue weighted by atomic mass is 10.2. The SMILES string of the molecule is CS(=O)(=O)O.NC(N)=Nc1ccc(C(=O)Oc2cc(Cl)sc2Cl)cc1. The Labute approximate surface area is 157 Å². The summed E-state index contributed by atoms with van der Waals surface area (Å²) >= 11 is 12.8. The fraction of sp³-hybridized carbons (Fsp3) is 0.0769. The molecule has 0 atom stereocenters. The lowest BCUT2D eigenvalue weighted by molar-refractivity contribution is 0.0735. The van der Waals surface area contributed by atoms with E-state index in [2.05, 4.69) is 4.99 Å². The number of carbonyl (C=O) groups excluding carboxylic acids is 1. The van der Waals surface area contributed by atoms with Gasteiger partial charge < -0.3 is 16.2 Å². The number of esters is 1. The van der Waals surface area contributed by atoms with E-state index in [4.69, 9.17) is 44.0 Å². The van der Waals surface area contributed by atoms with Crippen molar-refractivity contribution in [2.75, 3.05) is 6.26 Å². The molecule has 0 unspecified atom stereocenters. The summed E-state index contributed by atoms with van der Waals surface area (Å²) in [5.74, 6) is -0.363. The smallest absolute Gasteiger partial charge is 0.343 e. The van der Waals surface area contributed by atoms with E-state index < -0.39 is 16.1 Å². The zero-order chi connectivity index (χ0) is 19.2. The number of carbonyl (C=O) groups is 1. The number of thiophene rings is 1. The van der Waals surface area contributed by atoms with Crippen LogP contribution in [0.1, 0.15) is 10.4 Å². The Balaban J connectivity index is 0.000000550. The quantitative estimate of drug-likeness (QED) is 0.296. The summed E-state index contributed by atoms with van der Waals surface area (Å²) in [7, 11) is -3.67. The molecular formula is C13H13Cl2N3O5S2. The molecule has 0 spiro atoms. The molecule has 1 aromatic carbocycles. The maximum Gasteiger partial charge on any atom is 0.343 e. The predicted molar refractivity (Wildman–Crippen MR) is 98.7 cm³/mol. The number of guanidine groups is 1. The number of halogens is 2. The van der Waals surface area contributed by atoms with Gasteiger partial charge in [-0.2, -0.15) is 8.42 Å². The van der Waals surface area contributed by atoms with Gasteiger partial charge in [0.15, 0.2) is 11.7 Å². The topological polar surface area (TPSA) is 145 Å². The number of aliphatic imine (C=N–C) groups is 1. The molecule has 0 amide bonds. The molecule has 0 fully saturated rings. The summed E-state index contributed by atoms with van der Waals surface area (Å²) in [5, 5.41) is 0. The number of ether oxygens (including phenoxy) is 1. The number of rotatable bonds is 3. The van der Waals surface area contributed by atoms with Crippen LogP contribution in [0.4, 0.5) is 5.69 Å². The van der Waals surface area contributed by atoms with Gasteiger partial charge in [-0.3, -0.25) is 4.55 Å². The molecule has 2 aromatic rings. The Morgan fingerprint density at radius 1 is 1.24 bits per heavy atom. The van der Waals surface area contributed by atoms with Crippen molar-refractivity contribution in [1.29, 1.82) is 0 Å². The third-order valence-corrected chi connectivity index (χ3v) is 3.64. The van der Waals surface area contributed by atoms with Gasteiger partial charge in [-0.15, -0.1) is 11.3 Å². The summed E-state index contributed by atoms with van der Waals surface area (Å²) in [6, 6.07) is 7.77. The van der Waals surface area contributed by atoms with Crippen molar-refractivity contribution in [2.45, 2.75) is 0 Å². The van der Waals surface area contributed by atoms with Crippen LogP contribution in [0.3, 0.4) is 0 Å². The molecule has 5 N–H and O–H groups in total. The molecule has 0 aliphatic carbocycles. The summed E-state index contributed by atoms with van der Waals surface area (Å²) in [6.07, 6.45) is 0.715. The van der Waals surface area contributed by atoms with Gasteiger partial charge in [0.25, 0.3) is 10.1 Å². The molecule has 136 valence electrons. The Kier molecular flexibility index (Phi) is 7.64. The molecule has 1 heterocycles. The van der Waals surface area contributed by atoms with Gasteiger partial charge in [-0.05, 0) is 24.3 Å². The standard InChI is InChI=1S/C12H9Cl2N3O2S.CH4O3S/c13-9-5-8(10(14)20-9)19-11(18)6-1-3-7(4-2-6)17-12(15)16;1-5(2,3)4/h1-5H,(H4,15,16,17);1H3,(H,2,3,4). The van der Waals surface area contributed by atoms with E-state index in [1.165, 1.54) is 6.07 Å². The van der Waals surface area contributed by atoms with Crippen molar-refractivity contribution in [3.8, 4) is 5.75 Å². The van der Waals surface area contributed by atoms with Crippen LogP contribution in [0.15, 0.2) is 35.3 Å². The first-order valence-electron chi connectivity index (χ1n) is 6.25. The maximum absolute atomic E-state index is 11.9. The van der Waals surface area contributed by atoms with Crippen molar-refractivity contribution in [1.82, 2.24) is 0 Å². The Hall–Kier alpha value is -1.85. The van der Waals surface area contributed by atoms with Crippen molar-refractivity contribution in [3.63, 3.8) is 0 Å². The van der Waals surface area contributed by atoms with Gasteiger partial charge >= 0.3 is 5.97 Å². The number of benzene rings is 1. The third-order valence-electron chi connectivity index (χ3n) is 2.19. The van der Waals surface area contributed by atoms with Crippen LogP contribution in [0, 0.1) is 0 Å². The van der Waals surface area contributed by atoms with Crippen LogP contribution in [-0.2, 0) is 10.1 Å². The van der Waals surface area contributed by atoms with Gasteiger partial charge in [0.1, 0.15) is 4.34 Å². The van der Waals surface area contributed by atoms with Gasteiger partial charge in [-0.1, -0.05) is 23.2 Å². The zero-order valence-electron chi connectivity index (χ0n) is 12.6. The van der Waals surface area contributed by atoms with Crippen LogP contribution in [-0.4, -0.2) is 31.2 Å². The maximum atomic E-state index is 11.9. The van der Waals surface area contributed by atoms with Crippen molar-refractivity contribution in [3.05, 3.63) is 44.6 Å². The minimum absolute atomic E-state index is 0.0555. The largest absolute Gasteiger partial charge is 0.420 e. The monoisotopic (exact) mass is 425 g/mol. The second kappa shape index (κ2) is 9.02. The Bertz CT molecular complexity index is 868. The molecule has 0 bridgehead atoms. The van der Waals surface area contributed by atoms with Gasteiger partial charge in [0.2, 0.25) is 0 Å². The lowest BCUT2D eigenvalue weighted by Gasteiger charge is -2.03. The highest BCUT2D eigenvalue weighted by Gasteiger charge is 2.13. The Morgan fingerprint density at radius 2 is 1.76 bits per heavy atom. The van der Waals surface area contributed by atoms with E-state index in [1.807, 2.05) is 0 Å². The first kappa shape index (κ1) is 21.2. The van der Waals surface area contributed by atoms with Crippen LogP contribution < -0.4 is 16.2 Å². The number of nitrogens with zero attached hydrogens (tertiary/aromatic N) is 1. The molecule has 0 saturated carbocycles. The molecule has 0 saturated heterocycles. The average molecular weight is 426 g/mol. The fourth-order valence-corrected chi connectivity index (χ4v) is 2.70. The molecule has 1 aromatic heterocycles. The van der Waals surface area contributed by atoms with E-state index in [1.54, 1.807) is 24.3 Å². The molecular weight excluding hydrogens is 413 g/mol. The molecule has 0 aliphatic rings. The van der Waals surface area contributed by atoms with Crippen LogP contribution in [0.5, 0.6) is 5.75 Å². The molecule has 2 rings (SSSR count). The number of hydrogen-bond donors (Lipinski definition) is 3. The zero-order valence-corrected chi connectivity index (χ0v) is 15.8. The highest BCUT2D eigenvalue weighted by molar-refractivity contribution is 7.85. The van der Waals surface area contributed by atoms with Crippen LogP contribution >= 0.6 is 34.5 Å². The van der Waals surface area contributed by atoms with Gasteiger partial charge in [0.05, 0.1) is 21.8 Å². The van der Waals surface area contributed by atoms with Crippen molar-refractivity contribution in [2.24, 2.45) is 16.5 Å². The van der Waals surface area contributed by atoms with Crippen molar-refractivity contribution < 1.29 is 22.5 Å². The van der Waals surface area contributed by atoms with Crippen molar-refractivity contribution >= 4 is 62.3 Å². The highest BCUT2D eigenvalue weighted by Crippen LogP contribution is 2.37. The minimum atomic E-state index is -3.67. The van der Waals surface area contributed by atoms with E-state index in [0.717, 1.165) is 11.3 Å². The van der Waals surface area contributed by atoms with Crippen LogP contribution in [0.2, 0.25) is 8.67 Å². The molecule has 8 nitrogen and oxygen atoms in total.